The van der Waals surface area contributed by atoms with E-state index in [1.807, 2.05) is 42.5 Å². The first-order valence-electron chi connectivity index (χ1n) is 8.24. The second-order valence-corrected chi connectivity index (χ2v) is 5.79. The fourth-order valence-electron chi connectivity index (χ4n) is 2.79. The lowest BCUT2D eigenvalue weighted by Crippen LogP contribution is -2.44. The molecule has 1 N–H and O–H groups in total. The quantitative estimate of drug-likeness (QED) is 0.819. The third-order valence-electron chi connectivity index (χ3n) is 4.08. The van der Waals surface area contributed by atoms with Crippen LogP contribution in [0.15, 0.2) is 54.6 Å². The molecule has 25 heavy (non-hydrogen) atoms. The summed E-state index contributed by atoms with van der Waals surface area (Å²) in [5.41, 5.74) is 0.498. The molecule has 1 saturated heterocycles. The van der Waals surface area contributed by atoms with Gasteiger partial charge in [0.05, 0.1) is 5.56 Å². The molecule has 0 bridgehead atoms. The van der Waals surface area contributed by atoms with Crippen molar-refractivity contribution >= 4 is 12.4 Å². The summed E-state index contributed by atoms with van der Waals surface area (Å²) in [6.45, 7) is 1.63. The van der Waals surface area contributed by atoms with Crippen molar-refractivity contribution in [2.45, 2.75) is 18.9 Å². The first-order valence-corrected chi connectivity index (χ1v) is 8.24. The highest BCUT2D eigenvalue weighted by Crippen LogP contribution is 2.25. The Balaban J connectivity index is 1.64. The Bertz CT molecular complexity index is 712. The second kappa shape index (κ2) is 8.30. The number of carbonyl (C=O) groups excluding carboxylic acids is 2. The molecule has 0 atom stereocenters. The third kappa shape index (κ3) is 4.58. The van der Waals surface area contributed by atoms with Crippen LogP contribution in [0, 0.1) is 0 Å². The van der Waals surface area contributed by atoms with E-state index in [0.29, 0.717) is 36.6 Å². The van der Waals surface area contributed by atoms with Gasteiger partial charge in [0.25, 0.3) is 5.91 Å². The molecule has 2 aromatic rings. The van der Waals surface area contributed by atoms with Crippen LogP contribution < -0.4 is 10.1 Å². The predicted molar refractivity (Wildman–Crippen MR) is 92.2 cm³/mol. The Morgan fingerprint density at radius 3 is 2.44 bits per heavy atom. The summed E-state index contributed by atoms with van der Waals surface area (Å²) < 4.78 is 5.84. The molecular formula is C19H20N2O4. The van der Waals surface area contributed by atoms with Gasteiger partial charge in [-0.3, -0.25) is 9.59 Å². The Kier molecular flexibility index (Phi) is 5.64. The number of nitrogens with one attached hydrogen (secondary N) is 1. The van der Waals surface area contributed by atoms with Crippen LogP contribution in [0.5, 0.6) is 11.5 Å². The van der Waals surface area contributed by atoms with Crippen molar-refractivity contribution in [2.24, 2.45) is 0 Å². The fraction of sp³-hybridized carbons (Fsp3) is 0.263. The minimum Gasteiger partial charge on any atom is -0.457 e. The van der Waals surface area contributed by atoms with E-state index < -0.39 is 0 Å². The van der Waals surface area contributed by atoms with E-state index >= 15 is 0 Å². The van der Waals surface area contributed by atoms with Gasteiger partial charge in [-0.1, -0.05) is 30.3 Å². The summed E-state index contributed by atoms with van der Waals surface area (Å²) in [6, 6.07) is 16.6. The lowest BCUT2D eigenvalue weighted by molar-refractivity contribution is -0.178. The summed E-state index contributed by atoms with van der Waals surface area (Å²) in [5, 5.41) is 4.63. The zero-order valence-electron chi connectivity index (χ0n) is 13.8. The number of hydrogen-bond donors (Lipinski definition) is 1. The van der Waals surface area contributed by atoms with Crippen molar-refractivity contribution in [3.05, 3.63) is 60.2 Å². The summed E-state index contributed by atoms with van der Waals surface area (Å²) in [5.74, 6) is 1.04. The van der Waals surface area contributed by atoms with Crippen molar-refractivity contribution in [3.8, 4) is 11.5 Å². The van der Waals surface area contributed by atoms with Crippen molar-refractivity contribution in [2.75, 3.05) is 13.1 Å². The van der Waals surface area contributed by atoms with Crippen LogP contribution in [0.25, 0.3) is 0 Å². The monoisotopic (exact) mass is 340 g/mol. The third-order valence-corrected chi connectivity index (χ3v) is 4.08. The van der Waals surface area contributed by atoms with Crippen molar-refractivity contribution in [1.82, 2.24) is 10.4 Å². The van der Waals surface area contributed by atoms with Gasteiger partial charge in [-0.2, -0.15) is 0 Å². The van der Waals surface area contributed by atoms with Crippen LogP contribution >= 0.6 is 0 Å². The van der Waals surface area contributed by atoms with Crippen LogP contribution in [0.3, 0.4) is 0 Å². The average Bonchev–Trinajstić information content (AvgIpc) is 2.65. The van der Waals surface area contributed by atoms with Gasteiger partial charge >= 0.3 is 6.47 Å². The van der Waals surface area contributed by atoms with Gasteiger partial charge in [-0.25, -0.2) is 0 Å². The van der Waals surface area contributed by atoms with Gasteiger partial charge in [0.15, 0.2) is 0 Å². The smallest absolute Gasteiger partial charge is 0.312 e. The highest BCUT2D eigenvalue weighted by Gasteiger charge is 2.23. The molecule has 3 rings (SSSR count). The van der Waals surface area contributed by atoms with Crippen LogP contribution in [-0.4, -0.2) is 36.6 Å². The van der Waals surface area contributed by atoms with E-state index in [2.05, 4.69) is 5.32 Å². The van der Waals surface area contributed by atoms with Gasteiger partial charge in [-0.05, 0) is 37.1 Å². The number of benzene rings is 2. The largest absolute Gasteiger partial charge is 0.457 e. The molecule has 0 unspecified atom stereocenters. The van der Waals surface area contributed by atoms with Gasteiger partial charge in [0, 0.05) is 19.1 Å². The molecule has 6 nitrogen and oxygen atoms in total. The fourth-order valence-corrected chi connectivity index (χ4v) is 2.79. The summed E-state index contributed by atoms with van der Waals surface area (Å²) in [4.78, 5) is 27.8. The van der Waals surface area contributed by atoms with E-state index in [4.69, 9.17) is 9.57 Å². The van der Waals surface area contributed by atoms with Crippen LogP contribution in [-0.2, 0) is 9.63 Å². The van der Waals surface area contributed by atoms with Gasteiger partial charge in [-0.15, -0.1) is 5.06 Å². The van der Waals surface area contributed by atoms with E-state index in [0.717, 1.165) is 12.8 Å². The standard InChI is InChI=1S/C19H20N2O4/c22-14-24-21-12-10-15(11-13-21)20-19(23)17-8-4-5-9-18(17)25-16-6-2-1-3-7-16/h1-9,14-15H,10-13H2,(H,20,23). The molecule has 1 aliphatic rings. The molecule has 0 aromatic heterocycles. The summed E-state index contributed by atoms with van der Waals surface area (Å²) >= 11 is 0. The zero-order chi connectivity index (χ0) is 17.5. The Morgan fingerprint density at radius 2 is 1.72 bits per heavy atom. The molecule has 1 fully saturated rings. The first kappa shape index (κ1) is 17.0. The lowest BCUT2D eigenvalue weighted by Gasteiger charge is -2.29. The normalized spacial score (nSPS) is 15.4. The lowest BCUT2D eigenvalue weighted by atomic mass is 10.1. The number of nitrogens with zero attached hydrogens (tertiary/aromatic N) is 1. The number of hydroxylamine groups is 2. The molecule has 6 heteroatoms. The molecule has 1 aliphatic heterocycles. The van der Waals surface area contributed by atoms with Crippen LogP contribution in [0.4, 0.5) is 0 Å². The number of amides is 1. The van der Waals surface area contributed by atoms with Gasteiger partial charge in [0.1, 0.15) is 11.5 Å². The van der Waals surface area contributed by atoms with Crippen molar-refractivity contribution in [1.29, 1.82) is 0 Å². The molecule has 1 heterocycles. The maximum absolute atomic E-state index is 12.6. The van der Waals surface area contributed by atoms with Crippen LogP contribution in [0.1, 0.15) is 23.2 Å². The number of rotatable bonds is 6. The van der Waals surface area contributed by atoms with E-state index in [9.17, 15) is 9.59 Å². The Hall–Kier alpha value is -2.86. The van der Waals surface area contributed by atoms with Gasteiger partial charge < -0.3 is 14.9 Å². The molecule has 0 spiro atoms. The number of carbonyl (C=O) groups is 2. The minimum absolute atomic E-state index is 0.0452. The highest BCUT2D eigenvalue weighted by molar-refractivity contribution is 5.97. The summed E-state index contributed by atoms with van der Waals surface area (Å²) in [7, 11) is 0. The topological polar surface area (TPSA) is 67.9 Å². The Morgan fingerprint density at radius 1 is 1.04 bits per heavy atom. The number of para-hydroxylation sites is 2. The highest BCUT2D eigenvalue weighted by atomic mass is 16.7. The molecule has 0 aliphatic carbocycles. The molecule has 2 aromatic carbocycles. The average molecular weight is 340 g/mol. The minimum atomic E-state index is -0.165. The predicted octanol–water partition coefficient (Wildman–Crippen LogP) is 2.76. The molecule has 0 radical (unpaired) electrons. The zero-order valence-corrected chi connectivity index (χ0v) is 13.8. The SMILES string of the molecule is O=CON1CCC(NC(=O)c2ccccc2Oc2ccccc2)CC1. The Labute approximate surface area is 146 Å². The molecule has 1 amide bonds. The number of hydrogen-bond acceptors (Lipinski definition) is 5. The number of piperidine rings is 1. The maximum Gasteiger partial charge on any atom is 0.312 e. The van der Waals surface area contributed by atoms with Crippen molar-refractivity contribution in [3.63, 3.8) is 0 Å². The number of ether oxygens (including phenoxy) is 1. The maximum atomic E-state index is 12.6. The second-order valence-electron chi connectivity index (χ2n) is 5.79. The molecule has 0 saturated carbocycles. The van der Waals surface area contributed by atoms with E-state index in [1.165, 1.54) is 0 Å². The molecule has 130 valence electrons. The van der Waals surface area contributed by atoms with E-state index in [-0.39, 0.29) is 11.9 Å². The van der Waals surface area contributed by atoms with Crippen LogP contribution in [0.2, 0.25) is 0 Å². The van der Waals surface area contributed by atoms with Crippen molar-refractivity contribution < 1.29 is 19.2 Å². The van der Waals surface area contributed by atoms with Gasteiger partial charge in [0.2, 0.25) is 0 Å². The summed E-state index contributed by atoms with van der Waals surface area (Å²) in [6.07, 6.45) is 1.45. The van der Waals surface area contributed by atoms with E-state index in [1.54, 1.807) is 17.2 Å². The first-order chi connectivity index (χ1) is 12.3. The molecular weight excluding hydrogens is 320 g/mol.